The first-order chi connectivity index (χ1) is 9.15. The normalized spacial score (nSPS) is 18.1. The summed E-state index contributed by atoms with van der Waals surface area (Å²) in [6.07, 6.45) is 1.66. The Bertz CT molecular complexity index is 669. The number of non-ortho nitro benzene ring substituents is 1. The van der Waals surface area contributed by atoms with E-state index in [2.05, 4.69) is 10.2 Å². The van der Waals surface area contributed by atoms with Gasteiger partial charge in [0.2, 0.25) is 5.91 Å². The Morgan fingerprint density at radius 2 is 2.32 bits per heavy atom. The summed E-state index contributed by atoms with van der Waals surface area (Å²) in [5.41, 5.74) is 0.777. The van der Waals surface area contributed by atoms with Gasteiger partial charge in [0.05, 0.1) is 4.92 Å². The fraction of sp³-hybridized carbons (Fsp3) is 0.182. The Hall–Kier alpha value is -2.22. The van der Waals surface area contributed by atoms with Crippen molar-refractivity contribution < 1.29 is 9.72 Å². The number of carbonyl (C=O) groups excluding carboxylic acids is 1. The van der Waals surface area contributed by atoms with Crippen LogP contribution in [-0.4, -0.2) is 25.6 Å². The number of rotatable bonds is 2. The van der Waals surface area contributed by atoms with Gasteiger partial charge in [0, 0.05) is 23.8 Å². The molecule has 2 aromatic rings. The Morgan fingerprint density at radius 3 is 3.11 bits per heavy atom. The van der Waals surface area contributed by atoms with Crippen molar-refractivity contribution in [2.24, 2.45) is 0 Å². The zero-order valence-corrected chi connectivity index (χ0v) is 10.4. The van der Waals surface area contributed by atoms with E-state index in [4.69, 9.17) is 0 Å². The zero-order chi connectivity index (χ0) is 13.4. The summed E-state index contributed by atoms with van der Waals surface area (Å²) >= 11 is 1.39. The number of aromatic nitrogens is 3. The quantitative estimate of drug-likeness (QED) is 0.616. The van der Waals surface area contributed by atoms with E-state index in [1.54, 1.807) is 12.1 Å². The fourth-order valence-electron chi connectivity index (χ4n) is 1.93. The summed E-state index contributed by atoms with van der Waals surface area (Å²) in [5, 5.41) is 18.7. The molecule has 0 aliphatic carbocycles. The SMILES string of the molecule is O=C1C[C@@H](c2cccc([N+](=O)[O-])c2)Sc2nncn21. The predicted octanol–water partition coefficient (Wildman–Crippen LogP) is 2.06. The molecule has 1 atom stereocenters. The molecule has 0 radical (unpaired) electrons. The van der Waals surface area contributed by atoms with Crippen molar-refractivity contribution >= 4 is 23.4 Å². The number of carbonyl (C=O) groups is 1. The number of hydrogen-bond acceptors (Lipinski definition) is 6. The molecule has 0 bridgehead atoms. The maximum Gasteiger partial charge on any atom is 0.269 e. The van der Waals surface area contributed by atoms with Gasteiger partial charge in [-0.1, -0.05) is 23.9 Å². The molecule has 0 unspecified atom stereocenters. The molecule has 0 fully saturated rings. The van der Waals surface area contributed by atoms with E-state index in [1.807, 2.05) is 0 Å². The third kappa shape index (κ3) is 2.10. The number of thioether (sulfide) groups is 1. The van der Waals surface area contributed by atoms with Crippen LogP contribution in [0.1, 0.15) is 22.0 Å². The van der Waals surface area contributed by atoms with Crippen LogP contribution >= 0.6 is 11.8 Å². The summed E-state index contributed by atoms with van der Waals surface area (Å²) < 4.78 is 1.40. The van der Waals surface area contributed by atoms with Crippen LogP contribution in [0.4, 0.5) is 5.69 Å². The highest BCUT2D eigenvalue weighted by Crippen LogP contribution is 2.41. The highest BCUT2D eigenvalue weighted by Gasteiger charge is 2.28. The Balaban J connectivity index is 1.94. The third-order valence-corrected chi connectivity index (χ3v) is 4.06. The highest BCUT2D eigenvalue weighted by atomic mass is 32.2. The van der Waals surface area contributed by atoms with E-state index < -0.39 is 4.92 Å². The predicted molar refractivity (Wildman–Crippen MR) is 67.0 cm³/mol. The number of nitrogens with zero attached hydrogens (tertiary/aromatic N) is 4. The summed E-state index contributed by atoms with van der Waals surface area (Å²) in [4.78, 5) is 22.2. The smallest absolute Gasteiger partial charge is 0.269 e. The van der Waals surface area contributed by atoms with Crippen LogP contribution in [0.5, 0.6) is 0 Å². The third-order valence-electron chi connectivity index (χ3n) is 2.85. The lowest BCUT2D eigenvalue weighted by molar-refractivity contribution is -0.384. The van der Waals surface area contributed by atoms with E-state index in [0.717, 1.165) is 5.56 Å². The maximum atomic E-state index is 11.9. The lowest BCUT2D eigenvalue weighted by Gasteiger charge is -2.20. The number of fused-ring (bicyclic) bond motifs is 1. The molecule has 1 aliphatic heterocycles. The van der Waals surface area contributed by atoms with Gasteiger partial charge in [0.25, 0.3) is 5.69 Å². The van der Waals surface area contributed by atoms with Gasteiger partial charge in [-0.2, -0.15) is 0 Å². The van der Waals surface area contributed by atoms with Crippen molar-refractivity contribution in [1.82, 2.24) is 14.8 Å². The van der Waals surface area contributed by atoms with Crippen LogP contribution in [0.15, 0.2) is 35.7 Å². The second-order valence-corrected chi connectivity index (χ2v) is 5.21. The minimum Gasteiger partial charge on any atom is -0.274 e. The average Bonchev–Trinajstić information content (AvgIpc) is 2.87. The molecule has 0 N–H and O–H groups in total. The lowest BCUT2D eigenvalue weighted by Crippen LogP contribution is -2.19. The maximum absolute atomic E-state index is 11.9. The van der Waals surface area contributed by atoms with Crippen molar-refractivity contribution in [1.29, 1.82) is 0 Å². The van der Waals surface area contributed by atoms with Gasteiger partial charge in [0.1, 0.15) is 6.33 Å². The molecule has 0 amide bonds. The number of hydrogen-bond donors (Lipinski definition) is 0. The second-order valence-electron chi connectivity index (χ2n) is 4.04. The Kier molecular flexibility index (Phi) is 2.79. The van der Waals surface area contributed by atoms with Crippen LogP contribution in [0.3, 0.4) is 0 Å². The standard InChI is InChI=1S/C11H8N4O3S/c16-10-5-9(19-11-13-12-6-14(10)11)7-2-1-3-8(4-7)15(17)18/h1-4,6,9H,5H2/t9-/m0/s1. The van der Waals surface area contributed by atoms with E-state index in [1.165, 1.54) is 34.8 Å². The van der Waals surface area contributed by atoms with Crippen molar-refractivity contribution in [2.45, 2.75) is 16.8 Å². The molecule has 7 nitrogen and oxygen atoms in total. The molecule has 1 aromatic heterocycles. The van der Waals surface area contributed by atoms with Gasteiger partial charge in [-0.05, 0) is 5.56 Å². The van der Waals surface area contributed by atoms with Crippen molar-refractivity contribution in [3.63, 3.8) is 0 Å². The van der Waals surface area contributed by atoms with E-state index in [9.17, 15) is 14.9 Å². The largest absolute Gasteiger partial charge is 0.274 e. The molecule has 96 valence electrons. The summed E-state index contributed by atoms with van der Waals surface area (Å²) in [6.45, 7) is 0. The van der Waals surface area contributed by atoms with Gasteiger partial charge in [-0.15, -0.1) is 10.2 Å². The van der Waals surface area contributed by atoms with Gasteiger partial charge in [-0.3, -0.25) is 14.9 Å². The van der Waals surface area contributed by atoms with Crippen molar-refractivity contribution in [3.05, 3.63) is 46.3 Å². The molecule has 1 aromatic carbocycles. The second kappa shape index (κ2) is 4.47. The first kappa shape index (κ1) is 11.8. The summed E-state index contributed by atoms with van der Waals surface area (Å²) in [7, 11) is 0. The van der Waals surface area contributed by atoms with E-state index in [-0.39, 0.29) is 23.3 Å². The van der Waals surface area contributed by atoms with Crippen molar-refractivity contribution in [2.75, 3.05) is 0 Å². The Labute approximate surface area is 111 Å². The van der Waals surface area contributed by atoms with Crippen molar-refractivity contribution in [3.8, 4) is 0 Å². The molecule has 19 heavy (non-hydrogen) atoms. The van der Waals surface area contributed by atoms with Gasteiger partial charge in [-0.25, -0.2) is 4.57 Å². The minimum absolute atomic E-state index is 0.0255. The first-order valence-corrected chi connectivity index (χ1v) is 6.37. The lowest BCUT2D eigenvalue weighted by atomic mass is 10.1. The monoisotopic (exact) mass is 276 g/mol. The fourth-order valence-corrected chi connectivity index (χ4v) is 3.05. The topological polar surface area (TPSA) is 90.9 Å². The molecule has 0 spiro atoms. The summed E-state index contributed by atoms with van der Waals surface area (Å²) in [5.74, 6) is -0.102. The number of nitro groups is 1. The van der Waals surface area contributed by atoms with E-state index >= 15 is 0 Å². The van der Waals surface area contributed by atoms with Crippen LogP contribution in [0, 0.1) is 10.1 Å². The van der Waals surface area contributed by atoms with Crippen LogP contribution in [0.25, 0.3) is 0 Å². The Morgan fingerprint density at radius 1 is 1.47 bits per heavy atom. The molecule has 2 heterocycles. The first-order valence-electron chi connectivity index (χ1n) is 5.49. The zero-order valence-electron chi connectivity index (χ0n) is 9.59. The van der Waals surface area contributed by atoms with Gasteiger partial charge >= 0.3 is 0 Å². The molecule has 1 aliphatic rings. The molecule has 0 saturated carbocycles. The molecule has 8 heteroatoms. The molecule has 3 rings (SSSR count). The average molecular weight is 276 g/mol. The van der Waals surface area contributed by atoms with Gasteiger partial charge in [0.15, 0.2) is 5.16 Å². The summed E-state index contributed by atoms with van der Waals surface area (Å²) in [6, 6.07) is 6.33. The van der Waals surface area contributed by atoms with Crippen LogP contribution < -0.4 is 0 Å². The number of benzene rings is 1. The molecular weight excluding hydrogens is 268 g/mol. The van der Waals surface area contributed by atoms with E-state index in [0.29, 0.717) is 5.16 Å². The van der Waals surface area contributed by atoms with Crippen LogP contribution in [-0.2, 0) is 0 Å². The van der Waals surface area contributed by atoms with Gasteiger partial charge < -0.3 is 0 Å². The molecular formula is C11H8N4O3S. The minimum atomic E-state index is -0.443. The van der Waals surface area contributed by atoms with Crippen LogP contribution in [0.2, 0.25) is 0 Å². The highest BCUT2D eigenvalue weighted by molar-refractivity contribution is 7.99. The molecule has 0 saturated heterocycles. The number of nitro benzene ring substituents is 1.